The van der Waals surface area contributed by atoms with Crippen molar-refractivity contribution in [2.45, 2.75) is 18.9 Å². The minimum absolute atomic E-state index is 0.710. The summed E-state index contributed by atoms with van der Waals surface area (Å²) in [7, 11) is 1.68. The summed E-state index contributed by atoms with van der Waals surface area (Å²) in [6.45, 7) is 4.58. The van der Waals surface area contributed by atoms with Gasteiger partial charge in [0.1, 0.15) is 10.8 Å². The molecule has 5 nitrogen and oxygen atoms in total. The van der Waals surface area contributed by atoms with E-state index in [2.05, 4.69) is 20.0 Å². The molecule has 0 amide bonds. The number of aromatic nitrogens is 2. The lowest BCUT2D eigenvalue weighted by Crippen LogP contribution is -2.50. The molecular formula is C16H20N4OS. The van der Waals surface area contributed by atoms with Crippen molar-refractivity contribution in [3.63, 3.8) is 0 Å². The number of hydrogen-bond donors (Lipinski definition) is 0. The van der Waals surface area contributed by atoms with Crippen molar-refractivity contribution in [2.24, 2.45) is 0 Å². The van der Waals surface area contributed by atoms with Gasteiger partial charge >= 0.3 is 0 Å². The average molecular weight is 316 g/mol. The normalized spacial score (nSPS) is 21.9. The Kier molecular flexibility index (Phi) is 3.72. The number of benzene rings is 1. The number of anilines is 1. The van der Waals surface area contributed by atoms with E-state index in [4.69, 9.17) is 4.74 Å². The monoisotopic (exact) mass is 316 g/mol. The lowest BCUT2D eigenvalue weighted by molar-refractivity contribution is 0.231. The van der Waals surface area contributed by atoms with Crippen molar-refractivity contribution in [3.8, 4) is 16.3 Å². The van der Waals surface area contributed by atoms with Gasteiger partial charge in [0, 0.05) is 31.2 Å². The molecule has 4 rings (SSSR count). The molecule has 2 fully saturated rings. The number of ether oxygens (including phenoxy) is 1. The molecule has 3 heterocycles. The number of hydrogen-bond acceptors (Lipinski definition) is 6. The predicted molar refractivity (Wildman–Crippen MR) is 88.7 cm³/mol. The van der Waals surface area contributed by atoms with Crippen LogP contribution in [0, 0.1) is 0 Å². The largest absolute Gasteiger partial charge is 0.497 e. The molecule has 0 N–H and O–H groups in total. The van der Waals surface area contributed by atoms with Gasteiger partial charge in [-0.05, 0) is 43.7 Å². The third-order valence-electron chi connectivity index (χ3n) is 4.61. The van der Waals surface area contributed by atoms with Crippen LogP contribution < -0.4 is 9.64 Å². The highest BCUT2D eigenvalue weighted by Crippen LogP contribution is 2.32. The summed E-state index contributed by atoms with van der Waals surface area (Å²) in [5.74, 6) is 0.867. The third-order valence-corrected chi connectivity index (χ3v) is 5.64. The number of fused-ring (bicyclic) bond motifs is 1. The van der Waals surface area contributed by atoms with Crippen LogP contribution in [0.5, 0.6) is 5.75 Å². The number of nitrogens with zero attached hydrogens (tertiary/aromatic N) is 4. The zero-order valence-corrected chi connectivity index (χ0v) is 13.6. The molecule has 0 unspecified atom stereocenters. The number of methoxy groups -OCH3 is 1. The smallest absolute Gasteiger partial charge is 0.208 e. The van der Waals surface area contributed by atoms with E-state index in [-0.39, 0.29) is 0 Å². The summed E-state index contributed by atoms with van der Waals surface area (Å²) in [6.07, 6.45) is 2.66. The van der Waals surface area contributed by atoms with Gasteiger partial charge in [-0.3, -0.25) is 4.90 Å². The Morgan fingerprint density at radius 2 is 2.00 bits per heavy atom. The first-order valence-electron chi connectivity index (χ1n) is 7.80. The maximum atomic E-state index is 5.20. The topological polar surface area (TPSA) is 41.5 Å². The van der Waals surface area contributed by atoms with Crippen LogP contribution >= 0.6 is 11.3 Å². The van der Waals surface area contributed by atoms with Crippen molar-refractivity contribution in [1.29, 1.82) is 0 Å². The second kappa shape index (κ2) is 5.85. The molecule has 0 saturated carbocycles. The van der Waals surface area contributed by atoms with Crippen LogP contribution in [0.15, 0.2) is 24.3 Å². The molecule has 0 aliphatic carbocycles. The van der Waals surface area contributed by atoms with Crippen molar-refractivity contribution in [2.75, 3.05) is 38.2 Å². The van der Waals surface area contributed by atoms with Crippen LogP contribution in [0.2, 0.25) is 0 Å². The van der Waals surface area contributed by atoms with Gasteiger partial charge in [-0.15, -0.1) is 10.2 Å². The molecule has 22 heavy (non-hydrogen) atoms. The van der Waals surface area contributed by atoms with Crippen LogP contribution in [0.25, 0.3) is 10.6 Å². The van der Waals surface area contributed by atoms with Gasteiger partial charge in [-0.2, -0.15) is 0 Å². The highest BCUT2D eigenvalue weighted by Gasteiger charge is 2.31. The fourth-order valence-electron chi connectivity index (χ4n) is 3.36. The predicted octanol–water partition coefficient (Wildman–Crippen LogP) is 2.50. The molecule has 1 atom stereocenters. The number of piperazine rings is 1. The molecule has 2 saturated heterocycles. The molecule has 0 bridgehead atoms. The van der Waals surface area contributed by atoms with Gasteiger partial charge < -0.3 is 9.64 Å². The van der Waals surface area contributed by atoms with E-state index < -0.39 is 0 Å². The molecule has 0 radical (unpaired) electrons. The van der Waals surface area contributed by atoms with Crippen LogP contribution in [0.1, 0.15) is 12.8 Å². The maximum Gasteiger partial charge on any atom is 0.208 e. The summed E-state index contributed by atoms with van der Waals surface area (Å²) < 4.78 is 5.20. The standard InChI is InChI=1S/C16H20N4OS/c1-21-14-6-4-12(5-7-14)15-17-18-16(22-15)20-10-9-19-8-2-3-13(19)11-20/h4-7,13H,2-3,8-11H2,1H3/t13-/m1/s1. The van der Waals surface area contributed by atoms with E-state index in [1.165, 1.54) is 19.4 Å². The van der Waals surface area contributed by atoms with Gasteiger partial charge in [0.25, 0.3) is 0 Å². The van der Waals surface area contributed by atoms with Gasteiger partial charge in [-0.25, -0.2) is 0 Å². The van der Waals surface area contributed by atoms with E-state index in [1.54, 1.807) is 18.4 Å². The van der Waals surface area contributed by atoms with Gasteiger partial charge in [0.15, 0.2) is 0 Å². The van der Waals surface area contributed by atoms with Crippen molar-refractivity contribution in [1.82, 2.24) is 15.1 Å². The highest BCUT2D eigenvalue weighted by molar-refractivity contribution is 7.18. The van der Waals surface area contributed by atoms with Crippen LogP contribution in [-0.4, -0.2) is 54.4 Å². The first-order valence-corrected chi connectivity index (χ1v) is 8.62. The van der Waals surface area contributed by atoms with Crippen LogP contribution in [0.3, 0.4) is 0 Å². The SMILES string of the molecule is COc1ccc(-c2nnc(N3CCN4CCC[C@@H]4C3)s2)cc1. The lowest BCUT2D eigenvalue weighted by atomic mass is 10.2. The third kappa shape index (κ3) is 2.57. The summed E-state index contributed by atoms with van der Waals surface area (Å²) in [6, 6.07) is 8.72. The molecule has 2 aliphatic heterocycles. The second-order valence-electron chi connectivity index (χ2n) is 5.90. The van der Waals surface area contributed by atoms with Crippen LogP contribution in [-0.2, 0) is 0 Å². The highest BCUT2D eigenvalue weighted by atomic mass is 32.1. The molecule has 2 aromatic rings. The van der Waals surface area contributed by atoms with Crippen molar-refractivity contribution >= 4 is 16.5 Å². The first kappa shape index (κ1) is 14.0. The molecule has 0 spiro atoms. The Hall–Kier alpha value is -1.66. The zero-order chi connectivity index (χ0) is 14.9. The quantitative estimate of drug-likeness (QED) is 0.870. The summed E-state index contributed by atoms with van der Waals surface area (Å²) in [5, 5.41) is 10.8. The minimum Gasteiger partial charge on any atom is -0.497 e. The van der Waals surface area contributed by atoms with Crippen molar-refractivity contribution < 1.29 is 4.74 Å². The molecule has 116 valence electrons. The first-order chi connectivity index (χ1) is 10.8. The van der Waals surface area contributed by atoms with Crippen LogP contribution in [0.4, 0.5) is 5.13 Å². The Bertz CT molecular complexity index is 642. The fraction of sp³-hybridized carbons (Fsp3) is 0.500. The lowest BCUT2D eigenvalue weighted by Gasteiger charge is -2.37. The van der Waals surface area contributed by atoms with E-state index in [0.29, 0.717) is 6.04 Å². The Morgan fingerprint density at radius 1 is 1.14 bits per heavy atom. The summed E-state index contributed by atoms with van der Waals surface area (Å²) in [4.78, 5) is 5.01. The maximum absolute atomic E-state index is 5.20. The Balaban J connectivity index is 1.51. The van der Waals surface area contributed by atoms with Gasteiger partial charge in [0.2, 0.25) is 5.13 Å². The van der Waals surface area contributed by atoms with E-state index in [1.807, 2.05) is 24.3 Å². The fourth-order valence-corrected chi connectivity index (χ4v) is 4.24. The number of rotatable bonds is 3. The average Bonchev–Trinajstić information content (AvgIpc) is 3.23. The molecule has 2 aliphatic rings. The van der Waals surface area contributed by atoms with Crippen molar-refractivity contribution in [3.05, 3.63) is 24.3 Å². The Labute approximate surface area is 134 Å². The van der Waals surface area contributed by atoms with Gasteiger partial charge in [-0.1, -0.05) is 11.3 Å². The van der Waals surface area contributed by atoms with E-state index in [0.717, 1.165) is 41.1 Å². The second-order valence-corrected chi connectivity index (χ2v) is 6.85. The molecule has 1 aromatic carbocycles. The van der Waals surface area contributed by atoms with E-state index >= 15 is 0 Å². The Morgan fingerprint density at radius 3 is 2.82 bits per heavy atom. The zero-order valence-electron chi connectivity index (χ0n) is 12.7. The summed E-state index contributed by atoms with van der Waals surface area (Å²) in [5.41, 5.74) is 1.10. The molecule has 6 heteroatoms. The molecular weight excluding hydrogens is 296 g/mol. The molecule has 1 aromatic heterocycles. The minimum atomic E-state index is 0.710. The van der Waals surface area contributed by atoms with Gasteiger partial charge in [0.05, 0.1) is 7.11 Å². The summed E-state index contributed by atoms with van der Waals surface area (Å²) >= 11 is 1.68. The van der Waals surface area contributed by atoms with E-state index in [9.17, 15) is 0 Å².